The molecule has 2 amide bonds. The van der Waals surface area contributed by atoms with Gasteiger partial charge in [0, 0.05) is 38.4 Å². The molecule has 6 nitrogen and oxygen atoms in total. The van der Waals surface area contributed by atoms with E-state index in [-0.39, 0.29) is 6.03 Å². The summed E-state index contributed by atoms with van der Waals surface area (Å²) in [6.07, 6.45) is 3.81. The van der Waals surface area contributed by atoms with Crippen LogP contribution in [-0.2, 0) is 0 Å². The summed E-state index contributed by atoms with van der Waals surface area (Å²) in [6.45, 7) is 2.97. The van der Waals surface area contributed by atoms with E-state index >= 15 is 0 Å². The molecule has 3 rings (SSSR count). The Hall–Kier alpha value is -2.29. The van der Waals surface area contributed by atoms with Gasteiger partial charge in [-0.25, -0.2) is 9.78 Å². The van der Waals surface area contributed by atoms with E-state index in [0.29, 0.717) is 24.7 Å². The molecule has 1 aromatic heterocycles. The highest BCUT2D eigenvalue weighted by Crippen LogP contribution is 2.19. The number of nitrogens with zero attached hydrogens (tertiary/aromatic N) is 4. The number of urea groups is 1. The summed E-state index contributed by atoms with van der Waals surface area (Å²) in [5.41, 5.74) is 0.566. The van der Waals surface area contributed by atoms with Crippen molar-refractivity contribution in [1.29, 1.82) is 5.26 Å². The van der Waals surface area contributed by atoms with Crippen molar-refractivity contribution in [3.05, 3.63) is 23.9 Å². The van der Waals surface area contributed by atoms with Crippen molar-refractivity contribution < 1.29 is 4.79 Å². The van der Waals surface area contributed by atoms with E-state index in [9.17, 15) is 4.79 Å². The van der Waals surface area contributed by atoms with E-state index in [1.54, 1.807) is 12.3 Å². The van der Waals surface area contributed by atoms with E-state index in [1.807, 2.05) is 11.0 Å². The summed E-state index contributed by atoms with van der Waals surface area (Å²) in [6, 6.07) is 6.15. The average molecular weight is 271 g/mol. The van der Waals surface area contributed by atoms with E-state index in [2.05, 4.69) is 21.3 Å². The van der Waals surface area contributed by atoms with Gasteiger partial charge in [-0.1, -0.05) is 0 Å². The van der Waals surface area contributed by atoms with Gasteiger partial charge in [0.05, 0.1) is 5.56 Å². The SMILES string of the molecule is N#Cc1ccc(N2CCN(C(=O)NC3CC3)CC2)nc1. The molecule has 2 heterocycles. The first kappa shape index (κ1) is 12.7. The highest BCUT2D eigenvalue weighted by molar-refractivity contribution is 5.75. The van der Waals surface area contributed by atoms with Gasteiger partial charge in [0.2, 0.25) is 0 Å². The molecule has 0 aromatic carbocycles. The number of piperazine rings is 1. The topological polar surface area (TPSA) is 72.3 Å². The quantitative estimate of drug-likeness (QED) is 0.869. The standard InChI is InChI=1S/C14H17N5O/c15-9-11-1-4-13(16-10-11)18-5-7-19(8-6-18)14(20)17-12-2-3-12/h1,4,10,12H,2-3,5-8H2,(H,17,20). The number of rotatable bonds is 2. The molecule has 1 aliphatic carbocycles. The minimum absolute atomic E-state index is 0.0555. The highest BCUT2D eigenvalue weighted by atomic mass is 16.2. The summed E-state index contributed by atoms with van der Waals surface area (Å²) in [5, 5.41) is 11.8. The normalized spacial score (nSPS) is 18.6. The Kier molecular flexibility index (Phi) is 3.42. The van der Waals surface area contributed by atoms with Gasteiger partial charge in [-0.3, -0.25) is 0 Å². The number of pyridine rings is 1. The number of nitriles is 1. The van der Waals surface area contributed by atoms with Crippen LogP contribution in [0, 0.1) is 11.3 Å². The van der Waals surface area contributed by atoms with E-state index < -0.39 is 0 Å². The lowest BCUT2D eigenvalue weighted by atomic mass is 10.2. The maximum Gasteiger partial charge on any atom is 0.317 e. The van der Waals surface area contributed by atoms with Gasteiger partial charge in [-0.2, -0.15) is 5.26 Å². The minimum atomic E-state index is 0.0555. The van der Waals surface area contributed by atoms with Crippen molar-refractivity contribution in [3.63, 3.8) is 0 Å². The second-order valence-electron chi connectivity index (χ2n) is 5.21. The molecule has 6 heteroatoms. The van der Waals surface area contributed by atoms with Crippen molar-refractivity contribution in [2.45, 2.75) is 18.9 Å². The van der Waals surface area contributed by atoms with Crippen LogP contribution in [0.2, 0.25) is 0 Å². The zero-order chi connectivity index (χ0) is 13.9. The number of carbonyl (C=O) groups is 1. The molecule has 1 aliphatic heterocycles. The molecule has 0 unspecified atom stereocenters. The lowest BCUT2D eigenvalue weighted by Crippen LogP contribution is -2.52. The number of nitrogens with one attached hydrogen (secondary N) is 1. The molecular formula is C14H17N5O. The zero-order valence-corrected chi connectivity index (χ0v) is 11.2. The van der Waals surface area contributed by atoms with Crippen molar-refractivity contribution in [3.8, 4) is 6.07 Å². The third-order valence-electron chi connectivity index (χ3n) is 3.67. The van der Waals surface area contributed by atoms with E-state index in [1.165, 1.54) is 0 Å². The van der Waals surface area contributed by atoms with Gasteiger partial charge < -0.3 is 15.1 Å². The zero-order valence-electron chi connectivity index (χ0n) is 11.2. The van der Waals surface area contributed by atoms with Crippen LogP contribution in [-0.4, -0.2) is 48.1 Å². The largest absolute Gasteiger partial charge is 0.353 e. The second-order valence-corrected chi connectivity index (χ2v) is 5.21. The van der Waals surface area contributed by atoms with Crippen molar-refractivity contribution in [1.82, 2.24) is 15.2 Å². The van der Waals surface area contributed by atoms with Crippen LogP contribution >= 0.6 is 0 Å². The van der Waals surface area contributed by atoms with Crippen LogP contribution in [0.1, 0.15) is 18.4 Å². The number of anilines is 1. The summed E-state index contributed by atoms with van der Waals surface area (Å²) >= 11 is 0. The second kappa shape index (κ2) is 5.37. The van der Waals surface area contributed by atoms with Gasteiger partial charge in [0.15, 0.2) is 0 Å². The minimum Gasteiger partial charge on any atom is -0.353 e. The average Bonchev–Trinajstić information content (AvgIpc) is 3.31. The molecule has 1 saturated carbocycles. The van der Waals surface area contributed by atoms with Crippen LogP contribution in [0.3, 0.4) is 0 Å². The molecule has 0 radical (unpaired) electrons. The van der Waals surface area contributed by atoms with Crippen LogP contribution in [0.15, 0.2) is 18.3 Å². The van der Waals surface area contributed by atoms with E-state index in [0.717, 1.165) is 31.7 Å². The summed E-state index contributed by atoms with van der Waals surface area (Å²) < 4.78 is 0. The summed E-state index contributed by atoms with van der Waals surface area (Å²) in [5.74, 6) is 0.867. The fourth-order valence-electron chi connectivity index (χ4n) is 2.27. The van der Waals surface area contributed by atoms with Crippen molar-refractivity contribution in [2.24, 2.45) is 0 Å². The smallest absolute Gasteiger partial charge is 0.317 e. The molecule has 0 bridgehead atoms. The van der Waals surface area contributed by atoms with E-state index in [4.69, 9.17) is 5.26 Å². The fraction of sp³-hybridized carbons (Fsp3) is 0.500. The predicted molar refractivity (Wildman–Crippen MR) is 74.3 cm³/mol. The Morgan fingerprint density at radius 2 is 2.05 bits per heavy atom. The number of amides is 2. The lowest BCUT2D eigenvalue weighted by Gasteiger charge is -2.35. The molecule has 2 fully saturated rings. The first-order valence-electron chi connectivity index (χ1n) is 6.93. The first-order valence-corrected chi connectivity index (χ1v) is 6.93. The number of hydrogen-bond acceptors (Lipinski definition) is 4. The van der Waals surface area contributed by atoms with Gasteiger partial charge >= 0.3 is 6.03 Å². The molecule has 1 N–H and O–H groups in total. The van der Waals surface area contributed by atoms with Crippen LogP contribution < -0.4 is 10.2 Å². The Labute approximate surface area is 118 Å². The third-order valence-corrected chi connectivity index (χ3v) is 3.67. The molecule has 2 aliphatic rings. The predicted octanol–water partition coefficient (Wildman–Crippen LogP) is 0.947. The van der Waals surface area contributed by atoms with Gasteiger partial charge in [-0.05, 0) is 25.0 Å². The van der Waals surface area contributed by atoms with Crippen LogP contribution in [0.5, 0.6) is 0 Å². The Morgan fingerprint density at radius 1 is 1.30 bits per heavy atom. The number of aromatic nitrogens is 1. The number of hydrogen-bond donors (Lipinski definition) is 1. The molecule has 20 heavy (non-hydrogen) atoms. The summed E-state index contributed by atoms with van der Waals surface area (Å²) in [4.78, 5) is 20.2. The van der Waals surface area contributed by atoms with Crippen LogP contribution in [0.25, 0.3) is 0 Å². The van der Waals surface area contributed by atoms with Crippen molar-refractivity contribution in [2.75, 3.05) is 31.1 Å². The third kappa shape index (κ3) is 2.82. The Balaban J connectivity index is 1.54. The maximum atomic E-state index is 11.9. The molecule has 1 aromatic rings. The van der Waals surface area contributed by atoms with Gasteiger partial charge in [0.1, 0.15) is 11.9 Å². The number of carbonyl (C=O) groups excluding carboxylic acids is 1. The first-order chi connectivity index (χ1) is 9.76. The Bertz CT molecular complexity index is 523. The monoisotopic (exact) mass is 271 g/mol. The van der Waals surface area contributed by atoms with Gasteiger partial charge in [0.25, 0.3) is 0 Å². The Morgan fingerprint density at radius 3 is 2.60 bits per heavy atom. The van der Waals surface area contributed by atoms with Crippen LogP contribution in [0.4, 0.5) is 10.6 Å². The molecule has 104 valence electrons. The molecule has 0 atom stereocenters. The van der Waals surface area contributed by atoms with Gasteiger partial charge in [-0.15, -0.1) is 0 Å². The van der Waals surface area contributed by atoms with Crippen molar-refractivity contribution >= 4 is 11.8 Å². The fourth-order valence-corrected chi connectivity index (χ4v) is 2.27. The lowest BCUT2D eigenvalue weighted by molar-refractivity contribution is 0.194. The molecular weight excluding hydrogens is 254 g/mol. The maximum absolute atomic E-state index is 11.9. The highest BCUT2D eigenvalue weighted by Gasteiger charge is 2.27. The molecule has 0 spiro atoms. The molecule has 1 saturated heterocycles. The summed E-state index contributed by atoms with van der Waals surface area (Å²) in [7, 11) is 0.